The van der Waals surface area contributed by atoms with Crippen LogP contribution in [0.1, 0.15) is 27.8 Å². The van der Waals surface area contributed by atoms with Crippen LogP contribution in [-0.4, -0.2) is 5.11 Å². The maximum Gasteiger partial charge on any atom is 0.138 e. The van der Waals surface area contributed by atoms with E-state index in [1.54, 1.807) is 6.07 Å². The van der Waals surface area contributed by atoms with E-state index in [0.717, 1.165) is 18.4 Å². The molecular formula is C22H19NO. The molecule has 0 heterocycles. The Bertz CT molecular complexity index is 891. The van der Waals surface area contributed by atoms with Crippen LogP contribution in [0.3, 0.4) is 0 Å². The molecule has 0 amide bonds. The second kappa shape index (κ2) is 5.89. The number of anilines is 1. The number of nitrogens with two attached hydrogens (primary N) is 1. The average molecular weight is 313 g/mol. The number of aryl methyl sites for hydroxylation is 2. The van der Waals surface area contributed by atoms with Gasteiger partial charge in [-0.05, 0) is 64.4 Å². The summed E-state index contributed by atoms with van der Waals surface area (Å²) in [4.78, 5) is 0. The topological polar surface area (TPSA) is 46.2 Å². The van der Waals surface area contributed by atoms with E-state index >= 15 is 0 Å². The van der Waals surface area contributed by atoms with Crippen LogP contribution < -0.4 is 5.73 Å². The molecule has 1 aliphatic carbocycles. The second-order valence-electron chi connectivity index (χ2n) is 6.19. The Labute approximate surface area is 141 Å². The van der Waals surface area contributed by atoms with Gasteiger partial charge in [0.2, 0.25) is 0 Å². The first kappa shape index (κ1) is 14.6. The molecule has 0 unspecified atom stereocenters. The van der Waals surface area contributed by atoms with Gasteiger partial charge in [-0.3, -0.25) is 0 Å². The molecule has 0 bridgehead atoms. The highest BCUT2D eigenvalue weighted by Gasteiger charge is 2.17. The van der Waals surface area contributed by atoms with E-state index in [1.165, 1.54) is 27.8 Å². The first-order valence-electron chi connectivity index (χ1n) is 8.19. The van der Waals surface area contributed by atoms with Gasteiger partial charge in [-0.25, -0.2) is 0 Å². The van der Waals surface area contributed by atoms with Gasteiger partial charge >= 0.3 is 0 Å². The highest BCUT2D eigenvalue weighted by molar-refractivity contribution is 5.94. The lowest BCUT2D eigenvalue weighted by Crippen LogP contribution is -1.93. The van der Waals surface area contributed by atoms with Crippen LogP contribution >= 0.6 is 0 Å². The van der Waals surface area contributed by atoms with Gasteiger partial charge in [0.1, 0.15) is 5.75 Å². The Kier molecular flexibility index (Phi) is 3.58. The number of phenolic OH excluding ortho intramolecular Hbond substituents is 1. The van der Waals surface area contributed by atoms with Gasteiger partial charge in [0.05, 0.1) is 5.69 Å². The minimum Gasteiger partial charge on any atom is -0.506 e. The predicted molar refractivity (Wildman–Crippen MR) is 99.8 cm³/mol. The molecule has 2 heteroatoms. The summed E-state index contributed by atoms with van der Waals surface area (Å²) in [6, 6.07) is 22.5. The van der Waals surface area contributed by atoms with Crippen LogP contribution in [0.5, 0.6) is 5.75 Å². The molecule has 0 saturated heterocycles. The fourth-order valence-corrected chi connectivity index (χ4v) is 3.40. The first-order valence-corrected chi connectivity index (χ1v) is 8.19. The zero-order valence-electron chi connectivity index (χ0n) is 13.4. The zero-order chi connectivity index (χ0) is 16.5. The quantitative estimate of drug-likeness (QED) is 0.507. The van der Waals surface area contributed by atoms with E-state index < -0.39 is 0 Å². The summed E-state index contributed by atoms with van der Waals surface area (Å²) in [5.74, 6) is 0.124. The van der Waals surface area contributed by atoms with Gasteiger partial charge in [0.25, 0.3) is 0 Å². The summed E-state index contributed by atoms with van der Waals surface area (Å²) >= 11 is 0. The molecule has 3 aromatic carbocycles. The Morgan fingerprint density at radius 1 is 0.792 bits per heavy atom. The third-order valence-electron chi connectivity index (χ3n) is 4.64. The van der Waals surface area contributed by atoms with E-state index in [2.05, 4.69) is 54.6 Å². The Morgan fingerprint density at radius 3 is 1.96 bits per heavy atom. The predicted octanol–water partition coefficient (Wildman–Crippen LogP) is 4.66. The maximum atomic E-state index is 9.66. The number of phenols is 1. The molecule has 118 valence electrons. The van der Waals surface area contributed by atoms with Crippen molar-refractivity contribution in [3.8, 4) is 5.75 Å². The van der Waals surface area contributed by atoms with Crippen LogP contribution in [0.4, 0.5) is 5.69 Å². The number of fused-ring (bicyclic) bond motifs is 2. The molecule has 0 aromatic heterocycles. The van der Waals surface area contributed by atoms with Crippen molar-refractivity contribution in [1.82, 2.24) is 0 Å². The number of hydrogen-bond donors (Lipinski definition) is 2. The molecular weight excluding hydrogens is 294 g/mol. The SMILES string of the molecule is Nc1cc(C=C2c3ccccc3CCc3ccccc32)ccc1O. The summed E-state index contributed by atoms with van der Waals surface area (Å²) in [6.07, 6.45) is 4.25. The Hall–Kier alpha value is -3.00. The third-order valence-corrected chi connectivity index (χ3v) is 4.64. The Morgan fingerprint density at radius 2 is 1.38 bits per heavy atom. The van der Waals surface area contributed by atoms with Gasteiger partial charge in [-0.1, -0.05) is 54.6 Å². The van der Waals surface area contributed by atoms with Crippen molar-refractivity contribution in [2.75, 3.05) is 5.73 Å². The van der Waals surface area contributed by atoms with Crippen LogP contribution in [0.25, 0.3) is 11.6 Å². The summed E-state index contributed by atoms with van der Waals surface area (Å²) in [7, 11) is 0. The number of aromatic hydroxyl groups is 1. The number of hydrogen-bond acceptors (Lipinski definition) is 2. The van der Waals surface area contributed by atoms with Gasteiger partial charge in [0, 0.05) is 0 Å². The first-order chi connectivity index (χ1) is 11.7. The summed E-state index contributed by atoms with van der Waals surface area (Å²) in [6.45, 7) is 0. The van der Waals surface area contributed by atoms with Crippen molar-refractivity contribution in [3.05, 3.63) is 94.5 Å². The average Bonchev–Trinajstić information content (AvgIpc) is 2.76. The molecule has 3 N–H and O–H groups in total. The largest absolute Gasteiger partial charge is 0.506 e. The fourth-order valence-electron chi connectivity index (χ4n) is 3.40. The lowest BCUT2D eigenvalue weighted by molar-refractivity contribution is 0.478. The third kappa shape index (κ3) is 2.56. The van der Waals surface area contributed by atoms with Gasteiger partial charge in [-0.15, -0.1) is 0 Å². The molecule has 1 aliphatic rings. The molecule has 0 radical (unpaired) electrons. The maximum absolute atomic E-state index is 9.66. The summed E-state index contributed by atoms with van der Waals surface area (Å²) in [5, 5.41) is 9.66. The van der Waals surface area contributed by atoms with Gasteiger partial charge < -0.3 is 10.8 Å². The molecule has 0 aliphatic heterocycles. The van der Waals surface area contributed by atoms with Gasteiger partial charge in [-0.2, -0.15) is 0 Å². The number of nitrogen functional groups attached to an aromatic ring is 1. The lowest BCUT2D eigenvalue weighted by Gasteiger charge is -2.12. The standard InChI is InChI=1S/C22H19NO/c23-21-14-15(9-12-22(21)24)13-20-18-7-3-1-5-16(18)10-11-17-6-2-4-8-19(17)20/h1-9,12-14,24H,10-11,23H2. The lowest BCUT2D eigenvalue weighted by atomic mass is 9.92. The van der Waals surface area contributed by atoms with Crippen molar-refractivity contribution < 1.29 is 5.11 Å². The van der Waals surface area contributed by atoms with E-state index in [0.29, 0.717) is 5.69 Å². The number of benzene rings is 3. The molecule has 0 spiro atoms. The fraction of sp³-hybridized carbons (Fsp3) is 0.0909. The minimum atomic E-state index is 0.124. The van der Waals surface area contributed by atoms with Crippen LogP contribution in [0.15, 0.2) is 66.7 Å². The van der Waals surface area contributed by atoms with E-state index in [4.69, 9.17) is 5.73 Å². The molecule has 2 nitrogen and oxygen atoms in total. The van der Waals surface area contributed by atoms with E-state index in [-0.39, 0.29) is 5.75 Å². The van der Waals surface area contributed by atoms with Crippen molar-refractivity contribution in [2.45, 2.75) is 12.8 Å². The zero-order valence-corrected chi connectivity index (χ0v) is 13.4. The van der Waals surface area contributed by atoms with Crippen LogP contribution in [0.2, 0.25) is 0 Å². The van der Waals surface area contributed by atoms with Gasteiger partial charge in [0.15, 0.2) is 0 Å². The second-order valence-corrected chi connectivity index (χ2v) is 6.19. The Balaban J connectivity index is 1.95. The minimum absolute atomic E-state index is 0.124. The molecule has 3 aromatic rings. The van der Waals surface area contributed by atoms with Crippen molar-refractivity contribution in [1.29, 1.82) is 0 Å². The monoisotopic (exact) mass is 313 g/mol. The van der Waals surface area contributed by atoms with Crippen molar-refractivity contribution in [3.63, 3.8) is 0 Å². The summed E-state index contributed by atoms with van der Waals surface area (Å²) in [5.41, 5.74) is 13.8. The highest BCUT2D eigenvalue weighted by Crippen LogP contribution is 2.35. The summed E-state index contributed by atoms with van der Waals surface area (Å²) < 4.78 is 0. The van der Waals surface area contributed by atoms with Crippen molar-refractivity contribution in [2.24, 2.45) is 0 Å². The molecule has 0 atom stereocenters. The molecule has 0 saturated carbocycles. The molecule has 24 heavy (non-hydrogen) atoms. The number of rotatable bonds is 1. The molecule has 4 rings (SSSR count). The molecule has 0 fully saturated rings. The normalized spacial score (nSPS) is 12.9. The van der Waals surface area contributed by atoms with E-state index in [9.17, 15) is 5.11 Å². The highest BCUT2D eigenvalue weighted by atomic mass is 16.3. The van der Waals surface area contributed by atoms with Crippen molar-refractivity contribution >= 4 is 17.3 Å². The van der Waals surface area contributed by atoms with E-state index in [1.807, 2.05) is 12.1 Å². The van der Waals surface area contributed by atoms with Crippen LogP contribution in [-0.2, 0) is 12.8 Å². The smallest absolute Gasteiger partial charge is 0.138 e. The van der Waals surface area contributed by atoms with Crippen LogP contribution in [0, 0.1) is 0 Å².